The summed E-state index contributed by atoms with van der Waals surface area (Å²) in [6.45, 7) is 4.61. The molecule has 150 valence electrons. The quantitative estimate of drug-likeness (QED) is 0.727. The summed E-state index contributed by atoms with van der Waals surface area (Å²) in [5.41, 5.74) is 2.56. The zero-order valence-corrected chi connectivity index (χ0v) is 17.3. The van der Waals surface area contributed by atoms with Crippen LogP contribution in [0.15, 0.2) is 60.7 Å². The number of carbonyl (C=O) groups is 1. The predicted molar refractivity (Wildman–Crippen MR) is 117 cm³/mol. The van der Waals surface area contributed by atoms with Gasteiger partial charge in [0.05, 0.1) is 5.92 Å². The van der Waals surface area contributed by atoms with E-state index in [1.165, 1.54) is 36.8 Å². The minimum atomic E-state index is 0. The van der Waals surface area contributed by atoms with E-state index < -0.39 is 0 Å². The second kappa shape index (κ2) is 10.1. The van der Waals surface area contributed by atoms with E-state index in [4.69, 9.17) is 0 Å². The lowest BCUT2D eigenvalue weighted by Crippen LogP contribution is -2.50. The third-order valence-corrected chi connectivity index (χ3v) is 6.23. The van der Waals surface area contributed by atoms with Crippen LogP contribution in [0.4, 0.5) is 0 Å². The summed E-state index contributed by atoms with van der Waals surface area (Å²) in [5, 5.41) is 0. The van der Waals surface area contributed by atoms with Gasteiger partial charge in [-0.3, -0.25) is 9.69 Å². The molecule has 1 saturated carbocycles. The summed E-state index contributed by atoms with van der Waals surface area (Å²) in [6.07, 6.45) is 4.93. The van der Waals surface area contributed by atoms with Crippen LogP contribution in [0.25, 0.3) is 0 Å². The second-order valence-corrected chi connectivity index (χ2v) is 8.02. The molecule has 1 atom stereocenters. The Balaban J connectivity index is 0.00000225. The first-order chi connectivity index (χ1) is 13.3. The summed E-state index contributed by atoms with van der Waals surface area (Å²) < 4.78 is 0. The van der Waals surface area contributed by atoms with E-state index in [2.05, 4.69) is 64.4 Å². The van der Waals surface area contributed by atoms with Crippen LogP contribution in [0.1, 0.15) is 42.7 Å². The fourth-order valence-corrected chi connectivity index (χ4v) is 4.73. The standard InChI is InChI=1S/C24H30N2O.ClH/c27-24(23(22-13-7-8-14-22)21-11-5-2-6-12-21)26-17-15-25(16-18-26)19-20-9-3-1-4-10-20;/h1-6,9-12,22-23H,7-8,13-19H2;1H. The third-order valence-electron chi connectivity index (χ3n) is 6.23. The van der Waals surface area contributed by atoms with Crippen molar-refractivity contribution in [1.82, 2.24) is 9.80 Å². The van der Waals surface area contributed by atoms with Gasteiger partial charge in [0, 0.05) is 32.7 Å². The molecule has 0 bridgehead atoms. The highest BCUT2D eigenvalue weighted by Crippen LogP contribution is 2.38. The monoisotopic (exact) mass is 398 g/mol. The lowest BCUT2D eigenvalue weighted by Gasteiger charge is -2.37. The molecule has 3 nitrogen and oxygen atoms in total. The average Bonchev–Trinajstić information content (AvgIpc) is 3.24. The molecule has 1 saturated heterocycles. The van der Waals surface area contributed by atoms with Crippen LogP contribution in [0.2, 0.25) is 0 Å². The molecular formula is C24H31ClN2O. The van der Waals surface area contributed by atoms with Crippen molar-refractivity contribution in [3.63, 3.8) is 0 Å². The van der Waals surface area contributed by atoms with Gasteiger partial charge in [-0.15, -0.1) is 12.4 Å². The van der Waals surface area contributed by atoms with Crippen LogP contribution < -0.4 is 0 Å². The first-order valence-electron chi connectivity index (χ1n) is 10.4. The van der Waals surface area contributed by atoms with Crippen molar-refractivity contribution in [1.29, 1.82) is 0 Å². The van der Waals surface area contributed by atoms with Gasteiger partial charge >= 0.3 is 0 Å². The van der Waals surface area contributed by atoms with Crippen LogP contribution >= 0.6 is 12.4 Å². The van der Waals surface area contributed by atoms with Crippen molar-refractivity contribution in [2.75, 3.05) is 26.2 Å². The number of carbonyl (C=O) groups excluding carboxylic acids is 1. The maximum Gasteiger partial charge on any atom is 0.230 e. The van der Waals surface area contributed by atoms with Crippen LogP contribution in [0.5, 0.6) is 0 Å². The SMILES string of the molecule is Cl.O=C(C(c1ccccc1)C1CCCC1)N1CCN(Cc2ccccc2)CC1. The lowest BCUT2D eigenvalue weighted by atomic mass is 9.83. The molecule has 4 rings (SSSR count). The molecule has 2 aromatic carbocycles. The molecule has 0 spiro atoms. The number of piperazine rings is 1. The summed E-state index contributed by atoms with van der Waals surface area (Å²) in [4.78, 5) is 18.0. The number of halogens is 1. The van der Waals surface area contributed by atoms with E-state index in [1.807, 2.05) is 6.07 Å². The van der Waals surface area contributed by atoms with Gasteiger partial charge in [0.1, 0.15) is 0 Å². The van der Waals surface area contributed by atoms with Crippen LogP contribution in [-0.4, -0.2) is 41.9 Å². The maximum absolute atomic E-state index is 13.5. The van der Waals surface area contributed by atoms with Crippen LogP contribution in [0.3, 0.4) is 0 Å². The van der Waals surface area contributed by atoms with Gasteiger partial charge in [0.15, 0.2) is 0 Å². The predicted octanol–water partition coefficient (Wildman–Crippen LogP) is 4.73. The zero-order chi connectivity index (χ0) is 18.5. The Bertz CT molecular complexity index is 723. The Hall–Kier alpha value is -1.84. The minimum absolute atomic E-state index is 0. The molecule has 0 N–H and O–H groups in total. The van der Waals surface area contributed by atoms with Gasteiger partial charge < -0.3 is 4.90 Å². The van der Waals surface area contributed by atoms with Gasteiger partial charge in [0.2, 0.25) is 5.91 Å². The normalized spacial score (nSPS) is 19.2. The van der Waals surface area contributed by atoms with Gasteiger partial charge in [-0.1, -0.05) is 73.5 Å². The molecule has 1 aliphatic carbocycles. The smallest absolute Gasteiger partial charge is 0.230 e. The van der Waals surface area contributed by atoms with Crippen molar-refractivity contribution in [2.45, 2.75) is 38.1 Å². The molecule has 1 aliphatic heterocycles. The first kappa shape index (κ1) is 20.9. The summed E-state index contributed by atoms with van der Waals surface area (Å²) in [5.74, 6) is 0.920. The van der Waals surface area contributed by atoms with Crippen molar-refractivity contribution in [3.05, 3.63) is 71.8 Å². The molecule has 28 heavy (non-hydrogen) atoms. The highest BCUT2D eigenvalue weighted by Gasteiger charge is 2.35. The molecule has 1 heterocycles. The van der Waals surface area contributed by atoms with E-state index in [1.54, 1.807) is 0 Å². The number of amides is 1. The van der Waals surface area contributed by atoms with E-state index in [0.717, 1.165) is 32.7 Å². The van der Waals surface area contributed by atoms with Gasteiger partial charge in [0.25, 0.3) is 0 Å². The van der Waals surface area contributed by atoms with Crippen LogP contribution in [-0.2, 0) is 11.3 Å². The van der Waals surface area contributed by atoms with Gasteiger partial charge in [-0.05, 0) is 29.9 Å². The second-order valence-electron chi connectivity index (χ2n) is 8.02. The Labute approximate surface area is 175 Å². The number of benzene rings is 2. The number of hydrogen-bond acceptors (Lipinski definition) is 2. The van der Waals surface area contributed by atoms with Crippen molar-refractivity contribution >= 4 is 18.3 Å². The van der Waals surface area contributed by atoms with Gasteiger partial charge in [-0.2, -0.15) is 0 Å². The Kier molecular flexibility index (Phi) is 7.52. The van der Waals surface area contributed by atoms with Crippen LogP contribution in [0, 0.1) is 5.92 Å². The van der Waals surface area contributed by atoms with E-state index >= 15 is 0 Å². The van der Waals surface area contributed by atoms with Crippen molar-refractivity contribution in [2.24, 2.45) is 5.92 Å². The zero-order valence-electron chi connectivity index (χ0n) is 16.5. The lowest BCUT2D eigenvalue weighted by molar-refractivity contribution is -0.136. The largest absolute Gasteiger partial charge is 0.340 e. The topological polar surface area (TPSA) is 23.6 Å². The maximum atomic E-state index is 13.5. The minimum Gasteiger partial charge on any atom is -0.340 e. The molecule has 0 radical (unpaired) electrons. The molecule has 2 fully saturated rings. The summed E-state index contributed by atoms with van der Waals surface area (Å²) in [7, 11) is 0. The van der Waals surface area contributed by atoms with Crippen molar-refractivity contribution < 1.29 is 4.79 Å². The third kappa shape index (κ3) is 4.95. The molecule has 2 aliphatic rings. The Morgan fingerprint density at radius 2 is 1.43 bits per heavy atom. The number of nitrogens with zero attached hydrogens (tertiary/aromatic N) is 2. The Morgan fingerprint density at radius 3 is 2.04 bits per heavy atom. The highest BCUT2D eigenvalue weighted by atomic mass is 35.5. The number of hydrogen-bond donors (Lipinski definition) is 0. The molecule has 0 aromatic heterocycles. The summed E-state index contributed by atoms with van der Waals surface area (Å²) in [6, 6.07) is 21.1. The van der Waals surface area contributed by atoms with E-state index in [0.29, 0.717) is 11.8 Å². The highest BCUT2D eigenvalue weighted by molar-refractivity contribution is 5.85. The molecule has 4 heteroatoms. The summed E-state index contributed by atoms with van der Waals surface area (Å²) >= 11 is 0. The average molecular weight is 399 g/mol. The number of rotatable bonds is 5. The molecule has 1 amide bonds. The fourth-order valence-electron chi connectivity index (χ4n) is 4.73. The Morgan fingerprint density at radius 1 is 0.857 bits per heavy atom. The fraction of sp³-hybridized carbons (Fsp3) is 0.458. The molecular weight excluding hydrogens is 368 g/mol. The molecule has 2 aromatic rings. The van der Waals surface area contributed by atoms with Gasteiger partial charge in [-0.25, -0.2) is 0 Å². The molecule has 1 unspecified atom stereocenters. The first-order valence-corrected chi connectivity index (χ1v) is 10.4. The van der Waals surface area contributed by atoms with Crippen molar-refractivity contribution in [3.8, 4) is 0 Å². The van der Waals surface area contributed by atoms with E-state index in [-0.39, 0.29) is 18.3 Å². The van der Waals surface area contributed by atoms with E-state index in [9.17, 15) is 4.79 Å².